The van der Waals surface area contributed by atoms with Gasteiger partial charge in [-0.25, -0.2) is 4.79 Å². The first-order chi connectivity index (χ1) is 7.22. The zero-order valence-corrected chi connectivity index (χ0v) is 9.28. The molecule has 0 unspecified atom stereocenters. The number of esters is 1. The zero-order chi connectivity index (χ0) is 11.5. The summed E-state index contributed by atoms with van der Waals surface area (Å²) in [6.07, 6.45) is 1.21. The zero-order valence-electron chi connectivity index (χ0n) is 9.28. The van der Waals surface area contributed by atoms with E-state index in [9.17, 15) is 4.79 Å². The van der Waals surface area contributed by atoms with E-state index in [2.05, 4.69) is 6.92 Å². The van der Waals surface area contributed by atoms with Crippen LogP contribution >= 0.6 is 0 Å². The van der Waals surface area contributed by atoms with Crippen LogP contribution in [0.15, 0.2) is 0 Å². The third-order valence-corrected chi connectivity index (χ3v) is 1.83. The number of unbranched alkanes of at least 4 members (excludes halogenated alkanes) is 1. The Morgan fingerprint density at radius 3 is 2.73 bits per heavy atom. The van der Waals surface area contributed by atoms with E-state index < -0.39 is 12.1 Å². The highest BCUT2D eigenvalue weighted by Crippen LogP contribution is 1.94. The van der Waals surface area contributed by atoms with Crippen molar-refractivity contribution in [2.45, 2.75) is 32.3 Å². The maximum absolute atomic E-state index is 11.0. The van der Waals surface area contributed by atoms with Gasteiger partial charge in [0.1, 0.15) is 6.61 Å². The molecule has 0 aromatic carbocycles. The minimum atomic E-state index is -1.11. The lowest BCUT2D eigenvalue weighted by atomic mass is 10.2. The van der Waals surface area contributed by atoms with Crippen LogP contribution in [0.5, 0.6) is 0 Å². The van der Waals surface area contributed by atoms with Gasteiger partial charge in [-0.3, -0.25) is 0 Å². The van der Waals surface area contributed by atoms with Crippen LogP contribution in [0, 0.1) is 0 Å². The molecule has 0 rings (SSSR count). The van der Waals surface area contributed by atoms with Gasteiger partial charge >= 0.3 is 5.97 Å². The second-order valence-corrected chi connectivity index (χ2v) is 3.23. The maximum Gasteiger partial charge on any atom is 0.335 e. The fraction of sp³-hybridized carbons (Fsp3) is 0.900. The molecule has 0 aliphatic heterocycles. The van der Waals surface area contributed by atoms with Crippen molar-refractivity contribution in [2.24, 2.45) is 5.73 Å². The quantitative estimate of drug-likeness (QED) is 0.423. The number of carbonyl (C=O) groups excluding carboxylic acids is 1. The van der Waals surface area contributed by atoms with Crippen molar-refractivity contribution >= 4 is 5.97 Å². The van der Waals surface area contributed by atoms with Gasteiger partial charge in [0.05, 0.1) is 6.61 Å². The maximum atomic E-state index is 11.0. The van der Waals surface area contributed by atoms with Crippen molar-refractivity contribution in [2.75, 3.05) is 26.4 Å². The predicted molar refractivity (Wildman–Crippen MR) is 56.4 cm³/mol. The van der Waals surface area contributed by atoms with E-state index in [4.69, 9.17) is 20.3 Å². The van der Waals surface area contributed by atoms with Crippen LogP contribution in [0.25, 0.3) is 0 Å². The molecule has 5 nitrogen and oxygen atoms in total. The van der Waals surface area contributed by atoms with Gasteiger partial charge < -0.3 is 20.3 Å². The number of hydrogen-bond acceptors (Lipinski definition) is 5. The van der Waals surface area contributed by atoms with Crippen LogP contribution in [-0.2, 0) is 14.3 Å². The SMILES string of the molecule is CCCCOCCOC(=O)[C@@H](O)CCN. The van der Waals surface area contributed by atoms with Gasteiger partial charge in [0.15, 0.2) is 6.10 Å². The molecule has 3 N–H and O–H groups in total. The summed E-state index contributed by atoms with van der Waals surface area (Å²) in [6, 6.07) is 0. The first kappa shape index (κ1) is 14.3. The lowest BCUT2D eigenvalue weighted by Crippen LogP contribution is -2.27. The lowest BCUT2D eigenvalue weighted by molar-refractivity contribution is -0.155. The Morgan fingerprint density at radius 2 is 2.13 bits per heavy atom. The van der Waals surface area contributed by atoms with E-state index >= 15 is 0 Å². The molecule has 0 saturated heterocycles. The van der Waals surface area contributed by atoms with Gasteiger partial charge in [-0.15, -0.1) is 0 Å². The fourth-order valence-electron chi connectivity index (χ4n) is 0.922. The molecular weight excluding hydrogens is 198 g/mol. The second kappa shape index (κ2) is 9.89. The van der Waals surface area contributed by atoms with E-state index in [1.165, 1.54) is 0 Å². The Balaban J connectivity index is 3.30. The minimum Gasteiger partial charge on any atom is -0.461 e. The summed E-state index contributed by atoms with van der Waals surface area (Å²) in [7, 11) is 0. The molecule has 0 amide bonds. The molecule has 0 heterocycles. The van der Waals surface area contributed by atoms with Gasteiger partial charge in [-0.1, -0.05) is 13.3 Å². The lowest BCUT2D eigenvalue weighted by Gasteiger charge is -2.09. The molecule has 0 radical (unpaired) electrons. The molecule has 0 aliphatic carbocycles. The van der Waals surface area contributed by atoms with E-state index in [-0.39, 0.29) is 19.6 Å². The third-order valence-electron chi connectivity index (χ3n) is 1.83. The van der Waals surface area contributed by atoms with Crippen LogP contribution in [0.2, 0.25) is 0 Å². The van der Waals surface area contributed by atoms with Gasteiger partial charge in [-0.05, 0) is 19.4 Å². The van der Waals surface area contributed by atoms with Gasteiger partial charge in [0.2, 0.25) is 0 Å². The summed E-state index contributed by atoms with van der Waals surface area (Å²) in [4.78, 5) is 11.0. The molecular formula is C10H21NO4. The highest BCUT2D eigenvalue weighted by Gasteiger charge is 2.14. The Hall–Kier alpha value is -0.650. The second-order valence-electron chi connectivity index (χ2n) is 3.23. The molecule has 0 spiro atoms. The molecule has 1 atom stereocenters. The summed E-state index contributed by atoms with van der Waals surface area (Å²) < 4.78 is 9.95. The fourth-order valence-corrected chi connectivity index (χ4v) is 0.922. The van der Waals surface area contributed by atoms with Crippen molar-refractivity contribution in [1.82, 2.24) is 0 Å². The number of rotatable bonds is 9. The van der Waals surface area contributed by atoms with Crippen molar-refractivity contribution in [1.29, 1.82) is 0 Å². The average Bonchev–Trinajstić information content (AvgIpc) is 2.23. The molecule has 0 fully saturated rings. The summed E-state index contributed by atoms with van der Waals surface area (Å²) in [5, 5.41) is 9.16. The van der Waals surface area contributed by atoms with E-state index in [1.54, 1.807) is 0 Å². The molecule has 0 aromatic rings. The Labute approximate surface area is 90.5 Å². The normalized spacial score (nSPS) is 12.5. The molecule has 0 bridgehead atoms. The van der Waals surface area contributed by atoms with Crippen molar-refractivity contribution in [3.8, 4) is 0 Å². The Bertz CT molecular complexity index is 164. The molecule has 90 valence electrons. The number of aliphatic hydroxyl groups excluding tert-OH is 1. The topological polar surface area (TPSA) is 81.8 Å². The number of aliphatic hydroxyl groups is 1. The Kier molecular flexibility index (Phi) is 9.46. The largest absolute Gasteiger partial charge is 0.461 e. The number of nitrogens with two attached hydrogens (primary N) is 1. The molecule has 15 heavy (non-hydrogen) atoms. The van der Waals surface area contributed by atoms with Gasteiger partial charge in [0.25, 0.3) is 0 Å². The smallest absolute Gasteiger partial charge is 0.335 e. The molecule has 0 aromatic heterocycles. The van der Waals surface area contributed by atoms with Crippen LogP contribution in [0.1, 0.15) is 26.2 Å². The van der Waals surface area contributed by atoms with E-state index in [0.29, 0.717) is 13.2 Å². The standard InChI is InChI=1S/C10H21NO4/c1-2-3-6-14-7-8-15-10(13)9(12)4-5-11/h9,12H,2-8,11H2,1H3/t9-/m0/s1. The summed E-state index contributed by atoms with van der Waals surface area (Å²) in [5.41, 5.74) is 5.18. The van der Waals surface area contributed by atoms with Crippen LogP contribution in [0.4, 0.5) is 0 Å². The highest BCUT2D eigenvalue weighted by molar-refractivity contribution is 5.74. The predicted octanol–water partition coefficient (Wildman–Crippen LogP) is 0.0560. The monoisotopic (exact) mass is 219 g/mol. The van der Waals surface area contributed by atoms with Gasteiger partial charge in [-0.2, -0.15) is 0 Å². The Morgan fingerprint density at radius 1 is 1.40 bits per heavy atom. The van der Waals surface area contributed by atoms with Crippen molar-refractivity contribution in [3.63, 3.8) is 0 Å². The summed E-state index contributed by atoms with van der Waals surface area (Å²) in [6.45, 7) is 3.58. The van der Waals surface area contributed by atoms with Gasteiger partial charge in [0, 0.05) is 6.61 Å². The first-order valence-electron chi connectivity index (χ1n) is 5.34. The molecule has 0 aliphatic rings. The highest BCUT2D eigenvalue weighted by atomic mass is 16.6. The first-order valence-corrected chi connectivity index (χ1v) is 5.34. The third kappa shape index (κ3) is 8.35. The minimum absolute atomic E-state index is 0.185. The van der Waals surface area contributed by atoms with Crippen LogP contribution in [0.3, 0.4) is 0 Å². The average molecular weight is 219 g/mol. The summed E-state index contributed by atoms with van der Waals surface area (Å²) >= 11 is 0. The van der Waals surface area contributed by atoms with E-state index in [1.807, 2.05) is 0 Å². The molecule has 0 saturated carbocycles. The van der Waals surface area contributed by atoms with Crippen LogP contribution < -0.4 is 5.73 Å². The van der Waals surface area contributed by atoms with Crippen LogP contribution in [-0.4, -0.2) is 43.5 Å². The number of ether oxygens (including phenoxy) is 2. The van der Waals surface area contributed by atoms with Crippen molar-refractivity contribution < 1.29 is 19.4 Å². The number of carbonyl (C=O) groups is 1. The van der Waals surface area contributed by atoms with Crippen molar-refractivity contribution in [3.05, 3.63) is 0 Å². The number of hydrogen-bond donors (Lipinski definition) is 2. The van der Waals surface area contributed by atoms with E-state index in [0.717, 1.165) is 12.8 Å². The summed E-state index contributed by atoms with van der Waals surface area (Å²) in [5.74, 6) is -0.625. The molecule has 5 heteroatoms.